The molecular weight excluding hydrogens is 480 g/mol. The molecule has 5 unspecified atom stereocenters. The zero-order valence-corrected chi connectivity index (χ0v) is 24.6. The Bertz CT molecular complexity index is 1060. The molecule has 38 heavy (non-hydrogen) atoms. The SMILES string of the molecule is CCNC(=O)Oc1ccc(C)c2c1O[C@H]1C(OC)C([C@@](C)(O)C(C)(C)C)CC3C(C)N(CC4CC4)CCC231. The number of likely N-dealkylation sites (tertiary alicyclic amines) is 1. The Kier molecular flexibility index (Phi) is 7.05. The highest BCUT2D eigenvalue weighted by molar-refractivity contribution is 5.72. The summed E-state index contributed by atoms with van der Waals surface area (Å²) in [5.74, 6) is 2.11. The van der Waals surface area contributed by atoms with E-state index < -0.39 is 11.7 Å². The Morgan fingerprint density at radius 2 is 1.97 bits per heavy atom. The first-order valence-corrected chi connectivity index (χ1v) is 14.6. The molecule has 7 nitrogen and oxygen atoms in total. The summed E-state index contributed by atoms with van der Waals surface area (Å²) in [4.78, 5) is 15.1. The van der Waals surface area contributed by atoms with E-state index in [0.717, 1.165) is 37.4 Å². The van der Waals surface area contributed by atoms with Crippen molar-refractivity contribution in [1.82, 2.24) is 10.2 Å². The first kappa shape index (κ1) is 27.7. The molecular formula is C31H48N2O5. The van der Waals surface area contributed by atoms with E-state index in [9.17, 15) is 9.90 Å². The van der Waals surface area contributed by atoms with Gasteiger partial charge in [0.05, 0.1) is 5.60 Å². The number of hydrogen-bond donors (Lipinski definition) is 2. The molecule has 1 aromatic rings. The Hall–Kier alpha value is -1.83. The van der Waals surface area contributed by atoms with Crippen molar-refractivity contribution in [2.24, 2.45) is 23.2 Å². The molecule has 7 atom stereocenters. The molecule has 2 saturated carbocycles. The van der Waals surface area contributed by atoms with Gasteiger partial charge in [0.25, 0.3) is 0 Å². The topological polar surface area (TPSA) is 80.3 Å². The van der Waals surface area contributed by atoms with Crippen LogP contribution >= 0.6 is 0 Å². The van der Waals surface area contributed by atoms with Crippen molar-refractivity contribution >= 4 is 6.09 Å². The van der Waals surface area contributed by atoms with Gasteiger partial charge < -0.3 is 29.5 Å². The number of methoxy groups -OCH3 is 1. The van der Waals surface area contributed by atoms with Crippen LogP contribution < -0.4 is 14.8 Å². The molecule has 2 N–H and O–H groups in total. The fourth-order valence-corrected chi connectivity index (χ4v) is 7.83. The van der Waals surface area contributed by atoms with Crippen molar-refractivity contribution in [2.45, 2.75) is 103 Å². The number of piperidine rings is 1. The third kappa shape index (κ3) is 4.24. The lowest BCUT2D eigenvalue weighted by Crippen LogP contribution is -2.69. The van der Waals surface area contributed by atoms with E-state index in [-0.39, 0.29) is 34.9 Å². The van der Waals surface area contributed by atoms with Crippen LogP contribution in [-0.4, -0.2) is 66.7 Å². The van der Waals surface area contributed by atoms with E-state index in [4.69, 9.17) is 14.2 Å². The number of benzene rings is 1. The van der Waals surface area contributed by atoms with Crippen molar-refractivity contribution in [1.29, 1.82) is 0 Å². The fourth-order valence-electron chi connectivity index (χ4n) is 7.83. The first-order chi connectivity index (χ1) is 17.9. The number of fused-ring (bicyclic) bond motifs is 1. The van der Waals surface area contributed by atoms with Gasteiger partial charge in [0, 0.05) is 43.1 Å². The smallest absolute Gasteiger partial charge is 0.412 e. The lowest BCUT2D eigenvalue weighted by Gasteiger charge is -2.61. The number of rotatable bonds is 6. The third-order valence-electron chi connectivity index (χ3n) is 10.6. The summed E-state index contributed by atoms with van der Waals surface area (Å²) in [6, 6.07) is 4.25. The predicted molar refractivity (Wildman–Crippen MR) is 148 cm³/mol. The molecule has 1 saturated heterocycles. The highest BCUT2D eigenvalue weighted by atomic mass is 16.6. The normalized spacial score (nSPS) is 34.4. The van der Waals surface area contributed by atoms with Gasteiger partial charge in [0.15, 0.2) is 11.5 Å². The Balaban J connectivity index is 1.64. The highest BCUT2D eigenvalue weighted by Crippen LogP contribution is 2.64. The van der Waals surface area contributed by atoms with E-state index >= 15 is 0 Å². The van der Waals surface area contributed by atoms with Crippen molar-refractivity contribution in [3.63, 3.8) is 0 Å². The molecule has 4 aliphatic rings. The molecule has 1 aromatic carbocycles. The van der Waals surface area contributed by atoms with Crippen LogP contribution in [0.4, 0.5) is 4.79 Å². The molecule has 212 valence electrons. The summed E-state index contributed by atoms with van der Waals surface area (Å²) < 4.78 is 19.0. The van der Waals surface area contributed by atoms with Gasteiger partial charge in [-0.25, -0.2) is 4.79 Å². The quantitative estimate of drug-likeness (QED) is 0.538. The number of nitrogens with zero attached hydrogens (tertiary/aromatic N) is 1. The molecule has 0 radical (unpaired) electrons. The van der Waals surface area contributed by atoms with Crippen molar-refractivity contribution in [3.05, 3.63) is 23.3 Å². The minimum atomic E-state index is -0.966. The van der Waals surface area contributed by atoms with Gasteiger partial charge in [0.2, 0.25) is 0 Å². The Morgan fingerprint density at radius 1 is 1.26 bits per heavy atom. The average molecular weight is 529 g/mol. The van der Waals surface area contributed by atoms with Crippen molar-refractivity contribution in [2.75, 3.05) is 26.7 Å². The van der Waals surface area contributed by atoms with Crippen LogP contribution in [-0.2, 0) is 10.2 Å². The molecule has 1 amide bonds. The zero-order chi connectivity index (χ0) is 27.6. The van der Waals surface area contributed by atoms with Crippen molar-refractivity contribution in [3.8, 4) is 11.5 Å². The van der Waals surface area contributed by atoms with E-state index in [0.29, 0.717) is 24.1 Å². The summed E-state index contributed by atoms with van der Waals surface area (Å²) in [6.07, 6.45) is 3.43. The summed E-state index contributed by atoms with van der Waals surface area (Å²) >= 11 is 0. The van der Waals surface area contributed by atoms with E-state index in [2.05, 4.69) is 50.9 Å². The molecule has 5 rings (SSSR count). The number of hydrogen-bond acceptors (Lipinski definition) is 6. The third-order valence-corrected chi connectivity index (χ3v) is 10.6. The van der Waals surface area contributed by atoms with Gasteiger partial charge in [-0.2, -0.15) is 0 Å². The molecule has 2 aliphatic carbocycles. The van der Waals surface area contributed by atoms with Gasteiger partial charge >= 0.3 is 6.09 Å². The number of carbonyl (C=O) groups is 1. The standard InChI is InChI=1S/C31H48N2O5/c1-9-32-28(34)37-23-13-10-18(2)24-26(23)38-27-25(36-8)22(30(7,35)29(4,5)6)16-21-19(3)33(17-20-11-12-20)15-14-31(21,24)27/h10,13,19-22,25,27,35H,9,11-12,14-17H2,1-8H3,(H,32,34)/t19?,21?,22?,25?,27-,30+,31?/m0/s1. The van der Waals surface area contributed by atoms with Crippen LogP contribution in [0.2, 0.25) is 0 Å². The maximum Gasteiger partial charge on any atom is 0.412 e. The van der Waals surface area contributed by atoms with Crippen molar-refractivity contribution < 1.29 is 24.1 Å². The maximum absolute atomic E-state index is 12.5. The summed E-state index contributed by atoms with van der Waals surface area (Å²) in [5.41, 5.74) is 0.752. The van der Waals surface area contributed by atoms with E-state index in [1.807, 2.05) is 19.9 Å². The minimum absolute atomic E-state index is 0.110. The largest absolute Gasteiger partial charge is 0.483 e. The molecule has 7 heteroatoms. The van der Waals surface area contributed by atoms with Crippen LogP contribution in [0, 0.1) is 30.1 Å². The first-order valence-electron chi connectivity index (χ1n) is 14.6. The summed E-state index contributed by atoms with van der Waals surface area (Å²) in [6.45, 7) is 17.3. The second-order valence-corrected chi connectivity index (χ2v) is 13.6. The molecule has 3 fully saturated rings. The number of amides is 1. The van der Waals surface area contributed by atoms with Crippen LogP contribution in [0.5, 0.6) is 11.5 Å². The Labute approximate surface area is 228 Å². The Morgan fingerprint density at radius 3 is 2.58 bits per heavy atom. The summed E-state index contributed by atoms with van der Waals surface area (Å²) in [7, 11) is 1.75. The predicted octanol–water partition coefficient (Wildman–Crippen LogP) is 5.05. The van der Waals surface area contributed by atoms with Crippen LogP contribution in [0.1, 0.15) is 78.4 Å². The van der Waals surface area contributed by atoms with Gasteiger partial charge in [-0.3, -0.25) is 0 Å². The number of carbonyl (C=O) groups excluding carboxylic acids is 1. The molecule has 2 aliphatic heterocycles. The average Bonchev–Trinajstić information content (AvgIpc) is 3.59. The number of ether oxygens (including phenoxy) is 3. The monoisotopic (exact) mass is 528 g/mol. The number of aryl methyl sites for hydroxylation is 1. The zero-order valence-electron chi connectivity index (χ0n) is 24.6. The van der Waals surface area contributed by atoms with Gasteiger partial charge in [-0.15, -0.1) is 0 Å². The number of nitrogens with one attached hydrogen (secondary N) is 1. The van der Waals surface area contributed by atoms with Gasteiger partial charge in [-0.1, -0.05) is 26.8 Å². The van der Waals surface area contributed by atoms with Crippen LogP contribution in [0.3, 0.4) is 0 Å². The molecule has 1 spiro atoms. The second kappa shape index (κ2) is 9.67. The number of aliphatic hydroxyl groups is 1. The second-order valence-electron chi connectivity index (χ2n) is 13.6. The molecule has 0 aromatic heterocycles. The lowest BCUT2D eigenvalue weighted by atomic mass is 9.49. The van der Waals surface area contributed by atoms with Gasteiger partial charge in [-0.05, 0) is 88.8 Å². The van der Waals surface area contributed by atoms with Crippen LogP contribution in [0.15, 0.2) is 12.1 Å². The minimum Gasteiger partial charge on any atom is -0.483 e. The van der Waals surface area contributed by atoms with Crippen LogP contribution in [0.25, 0.3) is 0 Å². The lowest BCUT2D eigenvalue weighted by molar-refractivity contribution is -0.203. The van der Waals surface area contributed by atoms with E-state index in [1.54, 1.807) is 7.11 Å². The fraction of sp³-hybridized carbons (Fsp3) is 0.774. The van der Waals surface area contributed by atoms with Gasteiger partial charge in [0.1, 0.15) is 12.2 Å². The summed E-state index contributed by atoms with van der Waals surface area (Å²) in [5, 5.41) is 14.8. The van der Waals surface area contributed by atoms with E-state index in [1.165, 1.54) is 18.4 Å². The molecule has 0 bridgehead atoms. The molecule has 2 heterocycles. The highest BCUT2D eigenvalue weighted by Gasteiger charge is 2.68. The maximum atomic E-state index is 12.5.